The molecule has 0 radical (unpaired) electrons. The molecule has 1 aliphatic heterocycles. The Balaban J connectivity index is 1.84. The van der Waals surface area contributed by atoms with Crippen LogP contribution in [-0.4, -0.2) is 47.5 Å². The molecule has 9 heteroatoms. The molecule has 2 fully saturated rings. The van der Waals surface area contributed by atoms with Crippen LogP contribution in [0.25, 0.3) is 10.8 Å². The molecule has 3 unspecified atom stereocenters. The molecule has 2 aromatic carbocycles. The number of aromatic hydroxyl groups is 1. The SMILES string of the molecule is C#C[C@]12CC3C(=N)c4c(c(OC)c5c(OC)cccc5c4O)C([N+](=O)[O-])C3[C@H](C1)OC(C)(C)O2. The van der Waals surface area contributed by atoms with Gasteiger partial charge in [-0.3, -0.25) is 10.1 Å². The van der Waals surface area contributed by atoms with Gasteiger partial charge in [-0.15, -0.1) is 6.42 Å². The Bertz CT molecular complexity index is 1280. The Morgan fingerprint density at radius 2 is 2.03 bits per heavy atom. The van der Waals surface area contributed by atoms with Crippen molar-refractivity contribution >= 4 is 16.5 Å². The van der Waals surface area contributed by atoms with Crippen LogP contribution in [0.15, 0.2) is 18.2 Å². The Morgan fingerprint density at radius 1 is 1.29 bits per heavy atom. The molecule has 9 nitrogen and oxygen atoms in total. The van der Waals surface area contributed by atoms with Crippen LogP contribution in [0, 0.1) is 39.7 Å². The van der Waals surface area contributed by atoms with Gasteiger partial charge in [-0.05, 0) is 26.3 Å². The highest BCUT2D eigenvalue weighted by atomic mass is 16.7. The normalized spacial score (nSPS) is 31.2. The zero-order chi connectivity index (χ0) is 24.6. The summed E-state index contributed by atoms with van der Waals surface area (Å²) < 4.78 is 23.5. The second kappa shape index (κ2) is 7.32. The van der Waals surface area contributed by atoms with Crippen molar-refractivity contribution in [2.45, 2.75) is 50.2 Å². The lowest BCUT2D eigenvalue weighted by atomic mass is 9.59. The highest BCUT2D eigenvalue weighted by molar-refractivity contribution is 6.13. The van der Waals surface area contributed by atoms with E-state index in [1.807, 2.05) is 0 Å². The summed E-state index contributed by atoms with van der Waals surface area (Å²) >= 11 is 0. The van der Waals surface area contributed by atoms with Crippen LogP contribution >= 0.6 is 0 Å². The highest BCUT2D eigenvalue weighted by Crippen LogP contribution is 2.59. The van der Waals surface area contributed by atoms with Gasteiger partial charge < -0.3 is 29.5 Å². The first kappa shape index (κ1) is 22.4. The van der Waals surface area contributed by atoms with E-state index in [1.54, 1.807) is 32.0 Å². The molecule has 0 amide bonds. The van der Waals surface area contributed by atoms with Crippen molar-refractivity contribution in [2.24, 2.45) is 11.8 Å². The summed E-state index contributed by atoms with van der Waals surface area (Å²) in [5, 5.41) is 33.9. The Hall–Kier alpha value is -3.35. The largest absolute Gasteiger partial charge is 0.507 e. The zero-order valence-corrected chi connectivity index (χ0v) is 19.4. The average molecular weight is 466 g/mol. The van der Waals surface area contributed by atoms with Crippen LogP contribution in [0.1, 0.15) is 43.9 Å². The predicted octanol–water partition coefficient (Wildman–Crippen LogP) is 3.81. The van der Waals surface area contributed by atoms with E-state index in [0.717, 1.165) is 0 Å². The average Bonchev–Trinajstić information content (AvgIpc) is 2.78. The third kappa shape index (κ3) is 2.92. The van der Waals surface area contributed by atoms with E-state index in [0.29, 0.717) is 16.5 Å². The van der Waals surface area contributed by atoms with E-state index in [1.165, 1.54) is 14.2 Å². The Kier molecular flexibility index (Phi) is 4.83. The summed E-state index contributed by atoms with van der Waals surface area (Å²) in [6.45, 7) is 3.47. The third-order valence-corrected chi connectivity index (χ3v) is 7.32. The first-order valence-electron chi connectivity index (χ1n) is 11.1. The summed E-state index contributed by atoms with van der Waals surface area (Å²) in [7, 11) is 2.90. The van der Waals surface area contributed by atoms with Crippen molar-refractivity contribution < 1.29 is 29.0 Å². The standard InChI is InChI=1S/C25H26N2O7/c1-6-25-10-13-16(15(11-25)33-24(2,3)34-25)21(27(29)30)19-18(20(13)26)22(28)12-8-7-9-14(31-4)17(12)23(19)32-5/h1,7-9,13,15-16,21,26,28H,10-11H2,2-5H3/t13?,15-,16?,21?,25-/m0/s1. The van der Waals surface area contributed by atoms with Gasteiger partial charge in [0.2, 0.25) is 6.04 Å². The molecule has 2 aromatic rings. The number of ether oxygens (including phenoxy) is 4. The fourth-order valence-electron chi connectivity index (χ4n) is 6.26. The van der Waals surface area contributed by atoms with Gasteiger partial charge in [-0.1, -0.05) is 18.1 Å². The van der Waals surface area contributed by atoms with Gasteiger partial charge in [0, 0.05) is 28.4 Å². The monoisotopic (exact) mass is 466 g/mol. The Morgan fingerprint density at radius 3 is 2.65 bits per heavy atom. The number of nitrogens with one attached hydrogen (secondary N) is 1. The zero-order valence-electron chi connectivity index (χ0n) is 19.4. The van der Waals surface area contributed by atoms with Gasteiger partial charge in [0.1, 0.15) is 22.8 Å². The fraction of sp³-hybridized carbons (Fsp3) is 0.480. The Labute approximate surface area is 196 Å². The first-order chi connectivity index (χ1) is 16.1. The smallest absolute Gasteiger partial charge is 0.248 e. The molecule has 178 valence electrons. The molecule has 1 saturated heterocycles. The summed E-state index contributed by atoms with van der Waals surface area (Å²) in [6.07, 6.45) is 5.77. The molecule has 1 heterocycles. The second-order valence-electron chi connectivity index (χ2n) is 9.59. The van der Waals surface area contributed by atoms with Gasteiger partial charge in [-0.2, -0.15) is 0 Å². The summed E-state index contributed by atoms with van der Waals surface area (Å²) in [4.78, 5) is 12.3. The molecule has 2 N–H and O–H groups in total. The lowest BCUT2D eigenvalue weighted by Crippen LogP contribution is -2.62. The summed E-state index contributed by atoms with van der Waals surface area (Å²) in [5.41, 5.74) is -0.686. The molecule has 3 aliphatic rings. The molecule has 5 rings (SSSR count). The highest BCUT2D eigenvalue weighted by Gasteiger charge is 2.63. The molecule has 5 atom stereocenters. The number of phenolic OH excluding ortho intramolecular Hbond substituents is 1. The number of nitrogens with zero attached hydrogens (tertiary/aromatic N) is 1. The molecule has 34 heavy (non-hydrogen) atoms. The number of rotatable bonds is 3. The third-order valence-electron chi connectivity index (χ3n) is 7.32. The van der Waals surface area contributed by atoms with Gasteiger partial charge in [0.05, 0.1) is 42.8 Å². The lowest BCUT2D eigenvalue weighted by Gasteiger charge is -2.55. The minimum atomic E-state index is -1.29. The van der Waals surface area contributed by atoms with Crippen molar-refractivity contribution in [3.63, 3.8) is 0 Å². The van der Waals surface area contributed by atoms with Gasteiger partial charge >= 0.3 is 0 Å². The van der Waals surface area contributed by atoms with Gasteiger partial charge in [-0.25, -0.2) is 0 Å². The van der Waals surface area contributed by atoms with Crippen LogP contribution < -0.4 is 9.47 Å². The van der Waals surface area contributed by atoms with Crippen LogP contribution in [0.4, 0.5) is 0 Å². The molecule has 0 spiro atoms. The molecule has 2 bridgehead atoms. The number of nitro groups is 1. The van der Waals surface area contributed by atoms with E-state index in [9.17, 15) is 15.2 Å². The van der Waals surface area contributed by atoms with Gasteiger partial charge in [0.15, 0.2) is 5.79 Å². The minimum absolute atomic E-state index is 0.0647. The van der Waals surface area contributed by atoms with Crippen LogP contribution in [0.2, 0.25) is 0 Å². The van der Waals surface area contributed by atoms with Crippen molar-refractivity contribution in [3.8, 4) is 29.6 Å². The quantitative estimate of drug-likeness (QED) is 0.400. The molecule has 0 aromatic heterocycles. The fourth-order valence-corrected chi connectivity index (χ4v) is 6.26. The number of methoxy groups -OCH3 is 2. The van der Waals surface area contributed by atoms with E-state index in [2.05, 4.69) is 5.92 Å². The molecule has 2 aliphatic carbocycles. The number of terminal acetylenes is 1. The summed E-state index contributed by atoms with van der Waals surface area (Å²) in [6, 6.07) is 3.78. The van der Waals surface area contributed by atoms with E-state index >= 15 is 0 Å². The van der Waals surface area contributed by atoms with Crippen LogP contribution in [0.3, 0.4) is 0 Å². The maximum atomic E-state index is 12.7. The van der Waals surface area contributed by atoms with Crippen LogP contribution in [0.5, 0.6) is 17.2 Å². The number of benzene rings is 2. The van der Waals surface area contributed by atoms with Crippen molar-refractivity contribution in [2.75, 3.05) is 14.2 Å². The van der Waals surface area contributed by atoms with E-state index in [4.69, 9.17) is 30.8 Å². The number of hydrogen-bond acceptors (Lipinski definition) is 8. The van der Waals surface area contributed by atoms with Crippen LogP contribution in [-0.2, 0) is 9.47 Å². The molecule has 1 saturated carbocycles. The van der Waals surface area contributed by atoms with E-state index in [-0.39, 0.29) is 46.1 Å². The number of hydrogen-bond donors (Lipinski definition) is 2. The second-order valence-corrected chi connectivity index (χ2v) is 9.59. The predicted molar refractivity (Wildman–Crippen MR) is 123 cm³/mol. The maximum Gasteiger partial charge on any atom is 0.248 e. The van der Waals surface area contributed by atoms with Crippen molar-refractivity contribution in [1.82, 2.24) is 0 Å². The molecular weight excluding hydrogens is 440 g/mol. The summed E-state index contributed by atoms with van der Waals surface area (Å²) in [5.74, 6) is 0.759. The van der Waals surface area contributed by atoms with Crippen molar-refractivity contribution in [1.29, 1.82) is 5.41 Å². The van der Waals surface area contributed by atoms with Crippen molar-refractivity contribution in [3.05, 3.63) is 39.4 Å². The topological polar surface area (TPSA) is 124 Å². The first-order valence-corrected chi connectivity index (χ1v) is 11.1. The van der Waals surface area contributed by atoms with Gasteiger partial charge in [0.25, 0.3) is 0 Å². The number of fused-ring (bicyclic) bond motifs is 6. The minimum Gasteiger partial charge on any atom is -0.507 e. The molecular formula is C25H26N2O7. The lowest BCUT2D eigenvalue weighted by molar-refractivity contribution is -0.548. The number of phenols is 1. The maximum absolute atomic E-state index is 12.7. The van der Waals surface area contributed by atoms with E-state index < -0.39 is 35.4 Å².